The summed E-state index contributed by atoms with van der Waals surface area (Å²) in [4.78, 5) is 0. The van der Waals surface area contributed by atoms with Crippen LogP contribution in [0.25, 0.3) is 32.3 Å². The van der Waals surface area contributed by atoms with E-state index in [4.69, 9.17) is 71.1 Å². The smallest absolute Gasteiger partial charge is 0.187 e. The van der Waals surface area contributed by atoms with E-state index < -0.39 is 286 Å². The standard InChI is InChI=1S/C49H79N3O37.C19H16/c53-4-15-12(60)1-13(75-15)11-2-52(51-50-11)3-14-36-22(61)29(68)43(76-14)84-37-16(5-54)78-45(31(70)24(37)63)86-39-18(7-56)80-47(33(72)26(39)65)88-41-20(9-58)82-49(35(74)28(41)67)89-42-21(10-59)81-48(34(73)27(42)66)87-40-19(8-57)79-46(32(71)25(40)64)85-38-17(6-55)77-44(83-36)30(69)23(38)62;1-2-4-13-7-8-16-10-9-14-5-3-6-15-11-12-17(13)19(16)18(14)15/h2,12-49,53-74H,1,3-10H2;3,5-12H,2,4H2,1H3/t12-,13+,14+,15+,16+,17+,18+,19+,20+,21+,22+,23+,24+,25+,26+,27+,28+,29+,30+,31+,32+,33+,34+,35+,36+,37+,38+,39+,40+,41+,42+,43+,44+,45+,46+,47+,48+,49+;/m0./s1. The Labute approximate surface area is 613 Å². The van der Waals surface area contributed by atoms with Crippen LogP contribution in [0.3, 0.4) is 0 Å². The molecule has 40 nitrogen and oxygen atoms in total. The van der Waals surface area contributed by atoms with Crippen molar-refractivity contribution in [1.29, 1.82) is 0 Å². The number of rotatable bonds is 12. The summed E-state index contributed by atoms with van der Waals surface area (Å²) in [5.41, 5.74) is 1.61. The van der Waals surface area contributed by atoms with E-state index >= 15 is 0 Å². The number of nitrogens with zero attached hydrogens (tertiary/aromatic N) is 3. The van der Waals surface area contributed by atoms with Crippen LogP contribution >= 0.6 is 0 Å². The van der Waals surface area contributed by atoms with Crippen molar-refractivity contribution >= 4 is 32.3 Å². The van der Waals surface area contributed by atoms with Gasteiger partial charge in [-0.3, -0.25) is 0 Å². The minimum Gasteiger partial charge on any atom is -0.394 e. The van der Waals surface area contributed by atoms with Crippen molar-refractivity contribution in [2.75, 3.05) is 46.2 Å². The van der Waals surface area contributed by atoms with Crippen molar-refractivity contribution in [3.05, 3.63) is 72.1 Å². The molecule has 22 aliphatic heterocycles. The van der Waals surface area contributed by atoms with E-state index in [1.807, 2.05) is 0 Å². The lowest BCUT2D eigenvalue weighted by Gasteiger charge is -2.50. The Morgan fingerprint density at radius 3 is 0.944 bits per heavy atom. The summed E-state index contributed by atoms with van der Waals surface area (Å²) in [5.74, 6) is 0. The maximum absolute atomic E-state index is 11.9. The molecule has 604 valence electrons. The molecular formula is C68H95N3O37. The number of aliphatic hydroxyl groups excluding tert-OH is 22. The molecule has 27 rings (SSSR count). The average Bonchev–Trinajstić information content (AvgIpc) is 0.843. The highest BCUT2D eigenvalue weighted by Crippen LogP contribution is 2.42. The number of benzene rings is 4. The van der Waals surface area contributed by atoms with Gasteiger partial charge in [0.25, 0.3) is 0 Å². The quantitative estimate of drug-likeness (QED) is 0.0516. The maximum Gasteiger partial charge on any atom is 0.187 e. The number of hydrogen-bond acceptors (Lipinski definition) is 39. The molecule has 5 aromatic rings. The van der Waals surface area contributed by atoms with Crippen LogP contribution in [0.5, 0.6) is 0 Å². The average molecular weight is 1550 g/mol. The first kappa shape index (κ1) is 81.6. The first-order valence-electron chi connectivity index (χ1n) is 35.7. The highest BCUT2D eigenvalue weighted by molar-refractivity contribution is 6.23. The van der Waals surface area contributed by atoms with Crippen LogP contribution < -0.4 is 0 Å². The van der Waals surface area contributed by atoms with Crippen molar-refractivity contribution in [3.63, 3.8) is 0 Å². The minimum atomic E-state index is -2.26. The summed E-state index contributed by atoms with van der Waals surface area (Å²) in [6, 6.07) is 20.2. The molecule has 0 spiro atoms. The number of aromatic nitrogens is 3. The van der Waals surface area contributed by atoms with E-state index in [9.17, 15) is 112 Å². The molecule has 1 aromatic heterocycles. The van der Waals surface area contributed by atoms with Crippen LogP contribution in [-0.4, -0.2) is 401 Å². The second-order valence-electron chi connectivity index (χ2n) is 28.3. The minimum absolute atomic E-state index is 0.0167. The molecule has 14 bridgehead atoms. The van der Waals surface area contributed by atoms with Crippen molar-refractivity contribution < 1.29 is 183 Å². The molecule has 0 unspecified atom stereocenters. The Balaban J connectivity index is 0.000000463. The van der Waals surface area contributed by atoms with Crippen molar-refractivity contribution in [1.82, 2.24) is 15.0 Å². The van der Waals surface area contributed by atoms with E-state index in [1.54, 1.807) is 0 Å². The topological polar surface area (TPSA) is 614 Å². The lowest BCUT2D eigenvalue weighted by molar-refractivity contribution is -0.396. The van der Waals surface area contributed by atoms with Crippen molar-refractivity contribution in [2.45, 2.75) is 266 Å². The molecule has 22 saturated heterocycles. The van der Waals surface area contributed by atoms with Gasteiger partial charge in [-0.2, -0.15) is 0 Å². The summed E-state index contributed by atoms with van der Waals surface area (Å²) in [7, 11) is 0. The van der Waals surface area contributed by atoms with Gasteiger partial charge in [-0.05, 0) is 44.3 Å². The van der Waals surface area contributed by atoms with Crippen molar-refractivity contribution in [2.24, 2.45) is 0 Å². The second-order valence-corrected chi connectivity index (χ2v) is 28.3. The Bertz CT molecular complexity index is 3660. The summed E-state index contributed by atoms with van der Waals surface area (Å²) in [6.45, 7) is -5.24. The normalized spacial score (nSPS) is 45.7. The SMILES string of the molecule is CCCc1ccc2ccc3cccc4ccc1c2c34.OC[C@H]1O[C@@H]2O[C@H]3[C@H](O)[C@@H](O)[C@@H](O[C@H]4[C@H](O)[C@@H](O)[C@@H](O[C@H]5[C@H](O)[C@@H](O)[C@@H](O[C@H]6[C@H](O)[C@@H](O)[C@@H](O[C@H]7[C@H](O)[C@@H](O)[C@@H](O[C@H]8[C@H](O)[C@@H](O)[C@@H](O[C@H]1[C@H](O)[C@H]2O)O[C@@H]8CO)O[C@@H]7CO)O[C@@H]6CO)O[C@@H]5Cn1cc([C@H]2C[C@H](O)[C@@H](CO)O2)nn1)O[C@@H]4CO)O[C@@H]3CO. The summed E-state index contributed by atoms with van der Waals surface area (Å²) in [6.07, 6.45) is -70.6. The third-order valence-electron chi connectivity index (χ3n) is 21.4. The molecule has 40 heteroatoms. The molecule has 23 heterocycles. The molecular weight excluding hydrogens is 1450 g/mol. The monoisotopic (exact) mass is 1550 g/mol. The van der Waals surface area contributed by atoms with E-state index in [2.05, 4.69) is 71.8 Å². The molecule has 4 aromatic carbocycles. The molecule has 0 amide bonds. The van der Waals surface area contributed by atoms with Crippen LogP contribution in [0.4, 0.5) is 0 Å². The van der Waals surface area contributed by atoms with E-state index in [0.29, 0.717) is 0 Å². The third-order valence-corrected chi connectivity index (χ3v) is 21.4. The summed E-state index contributed by atoms with van der Waals surface area (Å²) < 4.78 is 88.2. The van der Waals surface area contributed by atoms with E-state index in [0.717, 1.165) is 11.1 Å². The van der Waals surface area contributed by atoms with Gasteiger partial charge in [-0.1, -0.05) is 73.2 Å². The van der Waals surface area contributed by atoms with Gasteiger partial charge in [-0.25, -0.2) is 4.68 Å². The Morgan fingerprint density at radius 2 is 0.630 bits per heavy atom. The van der Waals surface area contributed by atoms with Gasteiger partial charge >= 0.3 is 0 Å². The first-order chi connectivity index (χ1) is 51.9. The molecule has 22 aliphatic rings. The fourth-order valence-corrected chi connectivity index (χ4v) is 15.5. The predicted molar refractivity (Wildman–Crippen MR) is 351 cm³/mol. The summed E-state index contributed by atoms with van der Waals surface area (Å²) >= 11 is 0. The second kappa shape index (κ2) is 34.7. The molecule has 38 atom stereocenters. The van der Waals surface area contributed by atoms with Crippen LogP contribution in [0.15, 0.2) is 60.8 Å². The number of hydrogen-bond donors (Lipinski definition) is 22. The molecule has 108 heavy (non-hydrogen) atoms. The van der Waals surface area contributed by atoms with Gasteiger partial charge in [0.05, 0.1) is 65.1 Å². The van der Waals surface area contributed by atoms with Crippen LogP contribution in [0.1, 0.15) is 37.1 Å². The van der Waals surface area contributed by atoms with Gasteiger partial charge in [0.15, 0.2) is 44.0 Å². The zero-order valence-electron chi connectivity index (χ0n) is 57.8. The number of ether oxygens (including phenoxy) is 15. The lowest BCUT2D eigenvalue weighted by Crippen LogP contribution is -2.68. The number of aryl methyl sites for hydroxylation is 1. The van der Waals surface area contributed by atoms with Crippen molar-refractivity contribution in [3.8, 4) is 0 Å². The number of aliphatic hydroxyl groups is 22. The van der Waals surface area contributed by atoms with Crippen LogP contribution in [-0.2, 0) is 84.0 Å². The van der Waals surface area contributed by atoms with E-state index in [-0.39, 0.29) is 12.1 Å². The molecule has 22 N–H and O–H groups in total. The molecule has 0 aliphatic carbocycles. The van der Waals surface area contributed by atoms with Gasteiger partial charge in [0, 0.05) is 6.42 Å². The fraction of sp³-hybridized carbons (Fsp3) is 0.735. The third kappa shape index (κ3) is 15.9. The zero-order valence-corrected chi connectivity index (χ0v) is 57.8. The van der Waals surface area contributed by atoms with Gasteiger partial charge in [-0.15, -0.1) is 5.10 Å². The maximum atomic E-state index is 11.9. The molecule has 0 radical (unpaired) electrons. The van der Waals surface area contributed by atoms with E-state index in [1.165, 1.54) is 50.5 Å². The van der Waals surface area contributed by atoms with Gasteiger partial charge in [0.1, 0.15) is 189 Å². The highest BCUT2D eigenvalue weighted by atomic mass is 16.8. The first-order valence-corrected chi connectivity index (χ1v) is 35.7. The Hall–Kier alpha value is -4.42. The largest absolute Gasteiger partial charge is 0.394 e. The highest BCUT2D eigenvalue weighted by Gasteiger charge is 2.60. The van der Waals surface area contributed by atoms with Gasteiger partial charge in [0.2, 0.25) is 0 Å². The Morgan fingerprint density at radius 1 is 0.333 bits per heavy atom. The van der Waals surface area contributed by atoms with Crippen LogP contribution in [0, 0.1) is 0 Å². The Kier molecular flexibility index (Phi) is 26.2. The molecule has 22 fully saturated rings. The summed E-state index contributed by atoms with van der Waals surface area (Å²) in [5, 5.41) is 261. The fourth-order valence-electron chi connectivity index (χ4n) is 15.5. The lowest BCUT2D eigenvalue weighted by atomic mass is 9.91. The zero-order chi connectivity index (χ0) is 77.0. The molecule has 0 saturated carbocycles. The predicted octanol–water partition coefficient (Wildman–Crippen LogP) is -10.2. The van der Waals surface area contributed by atoms with Crippen LogP contribution in [0.2, 0.25) is 0 Å². The van der Waals surface area contributed by atoms with Gasteiger partial charge < -0.3 is 183 Å².